The molecule has 0 bridgehead atoms. The number of hydrogen-bond acceptors (Lipinski definition) is 9. The molecule has 0 saturated heterocycles. The number of ketones is 1. The zero-order valence-electron chi connectivity index (χ0n) is 21.7. The van der Waals surface area contributed by atoms with Gasteiger partial charge in [0.15, 0.2) is 0 Å². The van der Waals surface area contributed by atoms with Crippen molar-refractivity contribution >= 4 is 22.8 Å². The molecule has 0 unspecified atom stereocenters. The van der Waals surface area contributed by atoms with Gasteiger partial charge in [0, 0.05) is 35.4 Å². The largest absolute Gasteiger partial charge is 0.865 e. The lowest BCUT2D eigenvalue weighted by atomic mass is 9.76. The number of ether oxygens (including phenoxy) is 3. The lowest BCUT2D eigenvalue weighted by Gasteiger charge is -2.33. The smallest absolute Gasteiger partial charge is 0.265 e. The van der Waals surface area contributed by atoms with Crippen LogP contribution in [0.3, 0.4) is 0 Å². The number of benzene rings is 3. The number of rotatable bonds is 7. The van der Waals surface area contributed by atoms with Gasteiger partial charge in [0.2, 0.25) is 0 Å². The first-order valence-corrected chi connectivity index (χ1v) is 12.6. The number of anilines is 2. The number of nitro benzene ring substituents is 1. The molecule has 0 aromatic heterocycles. The Bertz CT molecular complexity index is 1470. The van der Waals surface area contributed by atoms with Gasteiger partial charge in [-0.1, -0.05) is 18.2 Å². The van der Waals surface area contributed by atoms with E-state index in [1.165, 1.54) is 12.1 Å². The van der Waals surface area contributed by atoms with E-state index >= 15 is 0 Å². The number of hydrogen-bond donors (Lipinski definition) is 2. The van der Waals surface area contributed by atoms with E-state index in [9.17, 15) is 20.0 Å². The SMILES string of the molecule is CCOc1cc([C@@H]2Nc3ccccc3NC3=C[C@H](c4cc(OC)ccc4OC)CC(=O)[C@H]32)cc([N+](=O)[O-])c1[O-]. The second-order valence-electron chi connectivity index (χ2n) is 9.33. The minimum absolute atomic E-state index is 0.0769. The van der Waals surface area contributed by atoms with Crippen LogP contribution in [0.25, 0.3) is 0 Å². The van der Waals surface area contributed by atoms with Gasteiger partial charge in [-0.15, -0.1) is 0 Å². The molecule has 3 aromatic carbocycles. The van der Waals surface area contributed by atoms with Crippen molar-refractivity contribution in [1.29, 1.82) is 0 Å². The highest BCUT2D eigenvalue weighted by Crippen LogP contribution is 2.48. The van der Waals surface area contributed by atoms with E-state index in [0.717, 1.165) is 11.3 Å². The summed E-state index contributed by atoms with van der Waals surface area (Å²) in [5, 5.41) is 31.2. The summed E-state index contributed by atoms with van der Waals surface area (Å²) in [6.07, 6.45) is 2.17. The number of nitrogens with zero attached hydrogens (tertiary/aromatic N) is 1. The summed E-state index contributed by atoms with van der Waals surface area (Å²) in [5.41, 5.74) is 2.73. The molecule has 1 heterocycles. The average Bonchev–Trinajstić information content (AvgIpc) is 3.10. The summed E-state index contributed by atoms with van der Waals surface area (Å²) in [6, 6.07) is 15.0. The van der Waals surface area contributed by atoms with Crippen LogP contribution >= 0.6 is 0 Å². The quantitative estimate of drug-likeness (QED) is 0.322. The number of nitro groups is 1. The zero-order valence-corrected chi connectivity index (χ0v) is 21.7. The summed E-state index contributed by atoms with van der Waals surface area (Å²) in [6.45, 7) is 1.86. The molecule has 10 heteroatoms. The van der Waals surface area contributed by atoms with E-state index in [2.05, 4.69) is 10.6 Å². The average molecular weight is 531 g/mol. The maximum absolute atomic E-state index is 13.9. The molecule has 0 amide bonds. The first kappa shape index (κ1) is 25.9. The van der Waals surface area contributed by atoms with Gasteiger partial charge in [-0.05, 0) is 48.9 Å². The van der Waals surface area contributed by atoms with Crippen LogP contribution in [-0.4, -0.2) is 31.5 Å². The fraction of sp³-hybridized carbons (Fsp3) is 0.276. The molecule has 2 aliphatic rings. The summed E-state index contributed by atoms with van der Waals surface area (Å²) in [4.78, 5) is 25.0. The highest BCUT2D eigenvalue weighted by Gasteiger charge is 2.41. The van der Waals surface area contributed by atoms with Crippen LogP contribution in [0.2, 0.25) is 0 Å². The maximum Gasteiger partial charge on any atom is 0.265 e. The third-order valence-electron chi connectivity index (χ3n) is 7.08. The second kappa shape index (κ2) is 10.6. The molecule has 2 N–H and O–H groups in total. The number of carbonyl (C=O) groups excluding carboxylic acids is 1. The standard InChI is InChI=1S/C29H29N3O7/c1-4-39-26-14-17(12-23(29(26)34)32(35)36)28-27-22(30-20-7-5-6-8-21(20)31-28)11-16(13-24(27)33)19-15-18(37-2)9-10-25(19)38-3/h5-12,14-16,27-28,30-31,34H,4,13H2,1-3H3/p-1/t16-,27-,28-/m0/s1. The molecule has 10 nitrogen and oxygen atoms in total. The number of nitrogens with one attached hydrogen (secondary N) is 2. The molecule has 5 rings (SSSR count). The van der Waals surface area contributed by atoms with Gasteiger partial charge in [0.25, 0.3) is 5.69 Å². The van der Waals surface area contributed by atoms with Gasteiger partial charge in [-0.25, -0.2) is 0 Å². The number of methoxy groups -OCH3 is 2. The molecular formula is C29H28N3O7-. The Morgan fingerprint density at radius 3 is 2.49 bits per heavy atom. The molecule has 0 radical (unpaired) electrons. The van der Waals surface area contributed by atoms with E-state index in [0.29, 0.717) is 28.4 Å². The van der Waals surface area contributed by atoms with Crippen LogP contribution in [0.15, 0.2) is 66.4 Å². The van der Waals surface area contributed by atoms with Crippen molar-refractivity contribution in [2.45, 2.75) is 25.3 Å². The van der Waals surface area contributed by atoms with Crippen molar-refractivity contribution in [1.82, 2.24) is 0 Å². The Labute approximate surface area is 225 Å². The Kier molecular flexibility index (Phi) is 7.02. The highest BCUT2D eigenvalue weighted by molar-refractivity contribution is 5.91. The lowest BCUT2D eigenvalue weighted by molar-refractivity contribution is -0.398. The van der Waals surface area contributed by atoms with Crippen LogP contribution in [-0.2, 0) is 4.79 Å². The molecule has 202 valence electrons. The van der Waals surface area contributed by atoms with Gasteiger partial charge in [-0.3, -0.25) is 14.9 Å². The molecule has 1 aliphatic heterocycles. The lowest BCUT2D eigenvalue weighted by Crippen LogP contribution is -2.34. The summed E-state index contributed by atoms with van der Waals surface area (Å²) >= 11 is 0. The first-order valence-electron chi connectivity index (χ1n) is 12.6. The molecule has 0 saturated carbocycles. The highest BCUT2D eigenvalue weighted by atomic mass is 16.6. The monoisotopic (exact) mass is 530 g/mol. The van der Waals surface area contributed by atoms with Crippen molar-refractivity contribution in [3.63, 3.8) is 0 Å². The van der Waals surface area contributed by atoms with Crippen molar-refractivity contribution in [2.24, 2.45) is 5.92 Å². The Morgan fingerprint density at radius 1 is 1.03 bits per heavy atom. The number of para-hydroxylation sites is 2. The predicted molar refractivity (Wildman–Crippen MR) is 144 cm³/mol. The maximum atomic E-state index is 13.9. The van der Waals surface area contributed by atoms with Crippen molar-refractivity contribution in [2.75, 3.05) is 31.5 Å². The summed E-state index contributed by atoms with van der Waals surface area (Å²) in [7, 11) is 3.16. The topological polar surface area (TPSA) is 135 Å². The summed E-state index contributed by atoms with van der Waals surface area (Å²) in [5.74, 6) is -0.731. The van der Waals surface area contributed by atoms with Gasteiger partial charge in [0.05, 0.1) is 49.1 Å². The summed E-state index contributed by atoms with van der Waals surface area (Å²) < 4.78 is 16.5. The van der Waals surface area contributed by atoms with E-state index in [1.807, 2.05) is 42.5 Å². The van der Waals surface area contributed by atoms with Crippen molar-refractivity contribution in [3.8, 4) is 23.0 Å². The van der Waals surface area contributed by atoms with Crippen LogP contribution < -0.4 is 30.0 Å². The van der Waals surface area contributed by atoms with Crippen molar-refractivity contribution < 1.29 is 29.0 Å². The Hall–Kier alpha value is -4.73. The van der Waals surface area contributed by atoms with E-state index in [4.69, 9.17) is 14.2 Å². The molecule has 0 spiro atoms. The molecule has 0 fully saturated rings. The van der Waals surface area contributed by atoms with Crippen LogP contribution in [0, 0.1) is 16.0 Å². The fourth-order valence-corrected chi connectivity index (χ4v) is 5.30. The van der Waals surface area contributed by atoms with Crippen LogP contribution in [0.5, 0.6) is 23.0 Å². The van der Waals surface area contributed by atoms with E-state index < -0.39 is 28.3 Å². The number of Topliss-reactive ketones (excluding diaryl/α,β-unsaturated/α-hetero) is 1. The molecule has 39 heavy (non-hydrogen) atoms. The molecule has 3 aromatic rings. The molecule has 1 aliphatic carbocycles. The predicted octanol–water partition coefficient (Wildman–Crippen LogP) is 4.92. The third kappa shape index (κ3) is 4.81. The minimum atomic E-state index is -0.798. The normalized spacial score (nSPS) is 19.8. The zero-order chi connectivity index (χ0) is 27.7. The van der Waals surface area contributed by atoms with E-state index in [1.54, 1.807) is 27.2 Å². The third-order valence-corrected chi connectivity index (χ3v) is 7.08. The Balaban J connectivity index is 1.67. The fourth-order valence-electron chi connectivity index (χ4n) is 5.30. The van der Waals surface area contributed by atoms with Crippen LogP contribution in [0.1, 0.15) is 36.4 Å². The number of allylic oxidation sites excluding steroid dienone is 1. The first-order chi connectivity index (χ1) is 18.8. The Morgan fingerprint density at radius 2 is 1.79 bits per heavy atom. The molecular weight excluding hydrogens is 502 g/mol. The minimum Gasteiger partial charge on any atom is -0.865 e. The number of carbonyl (C=O) groups is 1. The van der Waals surface area contributed by atoms with Gasteiger partial charge in [0.1, 0.15) is 23.0 Å². The second-order valence-corrected chi connectivity index (χ2v) is 9.33. The molecule has 3 atom stereocenters. The van der Waals surface area contributed by atoms with Gasteiger partial charge in [-0.2, -0.15) is 0 Å². The van der Waals surface area contributed by atoms with Crippen molar-refractivity contribution in [3.05, 3.63) is 87.6 Å². The van der Waals surface area contributed by atoms with Gasteiger partial charge < -0.3 is 30.0 Å². The van der Waals surface area contributed by atoms with E-state index in [-0.39, 0.29) is 30.5 Å². The van der Waals surface area contributed by atoms with Gasteiger partial charge >= 0.3 is 0 Å². The van der Waals surface area contributed by atoms with Crippen LogP contribution in [0.4, 0.5) is 17.1 Å². The number of fused-ring (bicyclic) bond motifs is 2.